The molecule has 1 unspecified atom stereocenters. The lowest BCUT2D eigenvalue weighted by molar-refractivity contribution is 0.164. The Morgan fingerprint density at radius 1 is 1.50 bits per heavy atom. The van der Waals surface area contributed by atoms with E-state index in [1.54, 1.807) is 12.1 Å². The molecule has 4 N–H and O–H groups in total. The summed E-state index contributed by atoms with van der Waals surface area (Å²) in [5.41, 5.74) is 6.59. The van der Waals surface area contributed by atoms with Gasteiger partial charge in [0.1, 0.15) is 0 Å². The van der Waals surface area contributed by atoms with Gasteiger partial charge in [-0.1, -0.05) is 6.07 Å². The van der Waals surface area contributed by atoms with E-state index in [0.717, 1.165) is 19.1 Å². The molecule has 100 valence electrons. The lowest BCUT2D eigenvalue weighted by Gasteiger charge is -2.15. The van der Waals surface area contributed by atoms with Crippen LogP contribution in [0, 0.1) is 5.92 Å². The molecular formula is C12H18N2O3S. The molecule has 1 atom stereocenters. The van der Waals surface area contributed by atoms with Crippen molar-refractivity contribution < 1.29 is 13.5 Å². The lowest BCUT2D eigenvalue weighted by Crippen LogP contribution is -2.22. The quantitative estimate of drug-likeness (QED) is 0.690. The minimum absolute atomic E-state index is 0.119. The molecule has 0 aromatic heterocycles. The highest BCUT2D eigenvalue weighted by atomic mass is 32.2. The third-order valence-electron chi connectivity index (χ3n) is 3.13. The topological polar surface area (TPSA) is 92.4 Å². The maximum absolute atomic E-state index is 11.5. The maximum atomic E-state index is 11.5. The Labute approximate surface area is 107 Å². The van der Waals surface area contributed by atoms with Crippen LogP contribution >= 0.6 is 0 Å². The van der Waals surface area contributed by atoms with E-state index in [9.17, 15) is 13.5 Å². The molecule has 1 saturated carbocycles. The van der Waals surface area contributed by atoms with Gasteiger partial charge in [-0.3, -0.25) is 0 Å². The van der Waals surface area contributed by atoms with Gasteiger partial charge in [0.2, 0.25) is 0 Å². The maximum Gasteiger partial charge on any atom is 0.177 e. The Hall–Kier alpha value is -1.27. The number of nitrogens with two attached hydrogens (primary N) is 1. The van der Waals surface area contributed by atoms with Gasteiger partial charge < -0.3 is 16.2 Å². The fourth-order valence-electron chi connectivity index (χ4n) is 1.88. The zero-order chi connectivity index (χ0) is 13.3. The molecule has 18 heavy (non-hydrogen) atoms. The monoisotopic (exact) mass is 270 g/mol. The zero-order valence-electron chi connectivity index (χ0n) is 10.3. The number of nitrogens with one attached hydrogen (secondary N) is 1. The first kappa shape index (κ1) is 13.2. The Morgan fingerprint density at radius 3 is 2.72 bits per heavy atom. The number of nitrogen functional groups attached to an aromatic ring is 1. The number of benzene rings is 1. The highest BCUT2D eigenvalue weighted by Gasteiger charge is 2.29. The van der Waals surface area contributed by atoms with E-state index in [-0.39, 0.29) is 10.6 Å². The van der Waals surface area contributed by atoms with Gasteiger partial charge in [-0.05, 0) is 30.9 Å². The number of hydrogen-bond donors (Lipinski definition) is 3. The molecule has 6 heteroatoms. The van der Waals surface area contributed by atoms with Gasteiger partial charge >= 0.3 is 0 Å². The molecule has 0 saturated heterocycles. The normalized spacial score (nSPS) is 17.4. The van der Waals surface area contributed by atoms with Gasteiger partial charge in [-0.25, -0.2) is 8.42 Å². The second-order valence-corrected chi connectivity index (χ2v) is 6.76. The van der Waals surface area contributed by atoms with Crippen molar-refractivity contribution in [3.05, 3.63) is 18.2 Å². The number of anilines is 2. The molecule has 1 aliphatic carbocycles. The van der Waals surface area contributed by atoms with Gasteiger partial charge in [0.15, 0.2) is 9.84 Å². The Morgan fingerprint density at radius 2 is 2.17 bits per heavy atom. The Bertz CT molecular complexity index is 538. The summed E-state index contributed by atoms with van der Waals surface area (Å²) in [5.74, 6) is 0.372. The SMILES string of the molecule is CS(=O)(=O)c1cccc(NCC(O)C2CC2)c1N. The summed E-state index contributed by atoms with van der Waals surface area (Å²) in [6, 6.07) is 4.83. The van der Waals surface area contributed by atoms with Gasteiger partial charge in [0, 0.05) is 12.8 Å². The summed E-state index contributed by atoms with van der Waals surface area (Å²) >= 11 is 0. The summed E-state index contributed by atoms with van der Waals surface area (Å²) in [6.07, 6.45) is 2.84. The number of sulfone groups is 1. The highest BCUT2D eigenvalue weighted by molar-refractivity contribution is 7.90. The van der Waals surface area contributed by atoms with Crippen LogP contribution in [0.2, 0.25) is 0 Å². The van der Waals surface area contributed by atoms with E-state index in [2.05, 4.69) is 5.32 Å². The molecular weight excluding hydrogens is 252 g/mol. The first-order chi connectivity index (χ1) is 8.39. The Balaban J connectivity index is 2.13. The molecule has 1 aromatic carbocycles. The van der Waals surface area contributed by atoms with Gasteiger partial charge in [-0.2, -0.15) is 0 Å². The van der Waals surface area contributed by atoms with E-state index in [4.69, 9.17) is 5.73 Å². The fraction of sp³-hybridized carbons (Fsp3) is 0.500. The van der Waals surface area contributed by atoms with Crippen molar-refractivity contribution in [3.63, 3.8) is 0 Å². The minimum atomic E-state index is -3.33. The number of rotatable bonds is 5. The third kappa shape index (κ3) is 2.94. The second kappa shape index (κ2) is 4.78. The van der Waals surface area contributed by atoms with Crippen LogP contribution in [0.1, 0.15) is 12.8 Å². The van der Waals surface area contributed by atoms with E-state index < -0.39 is 15.9 Å². The van der Waals surface area contributed by atoms with Crippen molar-refractivity contribution in [2.75, 3.05) is 23.9 Å². The molecule has 1 aromatic rings. The summed E-state index contributed by atoms with van der Waals surface area (Å²) in [6.45, 7) is 0.391. The number of aliphatic hydroxyl groups excluding tert-OH is 1. The average Bonchev–Trinajstić information content (AvgIpc) is 3.09. The Kier molecular flexibility index (Phi) is 3.49. The molecule has 1 aliphatic rings. The van der Waals surface area contributed by atoms with E-state index in [1.165, 1.54) is 6.07 Å². The first-order valence-electron chi connectivity index (χ1n) is 5.90. The largest absolute Gasteiger partial charge is 0.396 e. The number of para-hydroxylation sites is 1. The van der Waals surface area contributed by atoms with Crippen LogP contribution in [0.4, 0.5) is 11.4 Å². The molecule has 5 nitrogen and oxygen atoms in total. The zero-order valence-corrected chi connectivity index (χ0v) is 11.1. The standard InChI is InChI=1S/C12H18N2O3S/c1-18(16,17)11-4-2-3-9(12(11)13)14-7-10(15)8-5-6-8/h2-4,8,10,14-15H,5-7,13H2,1H3. The van der Waals surface area contributed by atoms with Crippen molar-refractivity contribution in [2.45, 2.75) is 23.8 Å². The van der Waals surface area contributed by atoms with Crippen LogP contribution in [0.25, 0.3) is 0 Å². The molecule has 2 rings (SSSR count). The molecule has 0 spiro atoms. The van der Waals surface area contributed by atoms with E-state index in [0.29, 0.717) is 18.2 Å². The fourth-order valence-corrected chi connectivity index (χ4v) is 2.72. The lowest BCUT2D eigenvalue weighted by atomic mass is 10.2. The van der Waals surface area contributed by atoms with Crippen molar-refractivity contribution in [2.24, 2.45) is 5.92 Å². The average molecular weight is 270 g/mol. The van der Waals surface area contributed by atoms with Crippen LogP contribution in [0.5, 0.6) is 0 Å². The summed E-state index contributed by atoms with van der Waals surface area (Å²) in [5, 5.41) is 12.8. The molecule has 1 fully saturated rings. The highest BCUT2D eigenvalue weighted by Crippen LogP contribution is 2.33. The summed E-state index contributed by atoms with van der Waals surface area (Å²) in [7, 11) is -3.33. The van der Waals surface area contributed by atoms with Crippen molar-refractivity contribution in [3.8, 4) is 0 Å². The van der Waals surface area contributed by atoms with Gasteiger partial charge in [-0.15, -0.1) is 0 Å². The molecule has 0 aliphatic heterocycles. The number of aliphatic hydroxyl groups is 1. The minimum Gasteiger partial charge on any atom is -0.396 e. The van der Waals surface area contributed by atoms with Crippen LogP contribution in [-0.4, -0.2) is 32.4 Å². The smallest absolute Gasteiger partial charge is 0.177 e. The van der Waals surface area contributed by atoms with Crippen LogP contribution in [0.3, 0.4) is 0 Å². The first-order valence-corrected chi connectivity index (χ1v) is 7.79. The van der Waals surface area contributed by atoms with Crippen LogP contribution in [0.15, 0.2) is 23.1 Å². The van der Waals surface area contributed by atoms with Gasteiger partial charge in [0.05, 0.1) is 22.4 Å². The van der Waals surface area contributed by atoms with Gasteiger partial charge in [0.25, 0.3) is 0 Å². The van der Waals surface area contributed by atoms with Crippen LogP contribution < -0.4 is 11.1 Å². The molecule has 0 bridgehead atoms. The van der Waals surface area contributed by atoms with E-state index in [1.807, 2.05) is 0 Å². The molecule has 0 radical (unpaired) electrons. The third-order valence-corrected chi connectivity index (χ3v) is 4.29. The predicted molar refractivity (Wildman–Crippen MR) is 71.2 cm³/mol. The van der Waals surface area contributed by atoms with Crippen LogP contribution in [-0.2, 0) is 9.84 Å². The van der Waals surface area contributed by atoms with Crippen molar-refractivity contribution >= 4 is 21.2 Å². The predicted octanol–water partition coefficient (Wildman–Crippen LogP) is 0.855. The van der Waals surface area contributed by atoms with Crippen molar-refractivity contribution in [1.29, 1.82) is 0 Å². The molecule has 0 amide bonds. The van der Waals surface area contributed by atoms with E-state index >= 15 is 0 Å². The summed E-state index contributed by atoms with van der Waals surface area (Å²) < 4.78 is 23.0. The summed E-state index contributed by atoms with van der Waals surface area (Å²) in [4.78, 5) is 0.119. The second-order valence-electron chi connectivity index (χ2n) is 4.78. The van der Waals surface area contributed by atoms with Crippen molar-refractivity contribution in [1.82, 2.24) is 0 Å². The number of hydrogen-bond acceptors (Lipinski definition) is 5. The molecule has 0 heterocycles.